The molecule has 1 aliphatic heterocycles. The highest BCUT2D eigenvalue weighted by Gasteiger charge is 2.34. The number of hydrogen-bond donors (Lipinski definition) is 1. The molecule has 0 unspecified atom stereocenters. The van der Waals surface area contributed by atoms with Crippen LogP contribution in [0.4, 0.5) is 0 Å². The van der Waals surface area contributed by atoms with Crippen LogP contribution in [0.25, 0.3) is 5.69 Å². The van der Waals surface area contributed by atoms with Crippen LogP contribution < -0.4 is 0 Å². The van der Waals surface area contributed by atoms with Crippen molar-refractivity contribution in [1.29, 1.82) is 0 Å². The average Bonchev–Trinajstić information content (AvgIpc) is 3.04. The zero-order valence-corrected chi connectivity index (χ0v) is 12.8. The number of nitrogens with zero attached hydrogens (tertiary/aromatic N) is 3. The third-order valence-corrected chi connectivity index (χ3v) is 3.79. The number of amides is 1. The maximum Gasteiger partial charge on any atom is 0.328 e. The van der Waals surface area contributed by atoms with E-state index in [-0.39, 0.29) is 18.8 Å². The topological polar surface area (TPSA) is 84.7 Å². The maximum atomic E-state index is 12.5. The number of carboxylic acids is 1. The van der Waals surface area contributed by atoms with Crippen molar-refractivity contribution in [3.05, 3.63) is 47.2 Å². The molecule has 23 heavy (non-hydrogen) atoms. The molecule has 0 saturated carbocycles. The van der Waals surface area contributed by atoms with Gasteiger partial charge in [-0.1, -0.05) is 17.7 Å². The normalized spacial score (nSPS) is 18.0. The third kappa shape index (κ3) is 3.20. The Bertz CT molecular complexity index is 746. The molecule has 1 aromatic carbocycles. The van der Waals surface area contributed by atoms with E-state index in [1.807, 2.05) is 6.07 Å². The molecule has 1 atom stereocenters. The monoisotopic (exact) mass is 335 g/mol. The van der Waals surface area contributed by atoms with Gasteiger partial charge in [0.2, 0.25) is 0 Å². The number of morpholine rings is 1. The Morgan fingerprint density at radius 3 is 2.91 bits per heavy atom. The predicted octanol–water partition coefficient (Wildman–Crippen LogP) is 1.45. The SMILES string of the molecule is O=C(O)[C@H]1COCCN1C(=O)c1ccn(-c2cccc(Cl)c2)n1. The molecule has 0 bridgehead atoms. The van der Waals surface area contributed by atoms with Crippen molar-refractivity contribution in [3.8, 4) is 5.69 Å². The summed E-state index contributed by atoms with van der Waals surface area (Å²) >= 11 is 5.94. The minimum atomic E-state index is -1.09. The third-order valence-electron chi connectivity index (χ3n) is 3.56. The van der Waals surface area contributed by atoms with Crippen LogP contribution >= 0.6 is 11.6 Å². The van der Waals surface area contributed by atoms with Gasteiger partial charge >= 0.3 is 5.97 Å². The molecular formula is C15H14ClN3O4. The quantitative estimate of drug-likeness (QED) is 0.917. The molecule has 1 fully saturated rings. The zero-order chi connectivity index (χ0) is 16.4. The summed E-state index contributed by atoms with van der Waals surface area (Å²) in [6.45, 7) is 0.514. The number of aromatic nitrogens is 2. The Balaban J connectivity index is 1.84. The van der Waals surface area contributed by atoms with Gasteiger partial charge in [-0.15, -0.1) is 0 Å². The van der Waals surface area contributed by atoms with Gasteiger partial charge in [0.15, 0.2) is 11.7 Å². The van der Waals surface area contributed by atoms with Gasteiger partial charge in [-0.25, -0.2) is 9.48 Å². The number of hydrogen-bond acceptors (Lipinski definition) is 4. The maximum absolute atomic E-state index is 12.5. The van der Waals surface area contributed by atoms with Crippen LogP contribution in [0.3, 0.4) is 0 Å². The molecule has 8 heteroatoms. The molecule has 0 radical (unpaired) electrons. The van der Waals surface area contributed by atoms with Gasteiger partial charge < -0.3 is 14.7 Å². The van der Waals surface area contributed by atoms with Gasteiger partial charge in [0.1, 0.15) is 0 Å². The number of halogens is 1. The van der Waals surface area contributed by atoms with Crippen LogP contribution in [-0.4, -0.2) is 57.5 Å². The second-order valence-corrected chi connectivity index (χ2v) is 5.49. The summed E-state index contributed by atoms with van der Waals surface area (Å²) in [4.78, 5) is 25.1. The van der Waals surface area contributed by atoms with Crippen molar-refractivity contribution < 1.29 is 19.4 Å². The van der Waals surface area contributed by atoms with Gasteiger partial charge in [0.25, 0.3) is 5.91 Å². The fourth-order valence-electron chi connectivity index (χ4n) is 2.40. The molecule has 1 N–H and O–H groups in total. The van der Waals surface area contributed by atoms with Crippen molar-refractivity contribution in [2.24, 2.45) is 0 Å². The molecule has 0 aliphatic carbocycles. The second-order valence-electron chi connectivity index (χ2n) is 5.05. The predicted molar refractivity (Wildman–Crippen MR) is 81.9 cm³/mol. The number of ether oxygens (including phenoxy) is 1. The van der Waals surface area contributed by atoms with E-state index < -0.39 is 17.9 Å². The molecule has 1 aromatic heterocycles. The standard InChI is InChI=1S/C15H14ClN3O4/c16-10-2-1-3-11(8-10)19-5-4-12(17-19)14(20)18-6-7-23-9-13(18)15(21)22/h1-5,8,13H,6-7,9H2,(H,21,22)/t13-/m1/s1. The summed E-state index contributed by atoms with van der Waals surface area (Å²) in [5.41, 5.74) is 0.895. The van der Waals surface area contributed by atoms with E-state index >= 15 is 0 Å². The van der Waals surface area contributed by atoms with E-state index in [1.54, 1.807) is 30.5 Å². The highest BCUT2D eigenvalue weighted by Crippen LogP contribution is 2.16. The van der Waals surface area contributed by atoms with Crippen molar-refractivity contribution in [2.75, 3.05) is 19.8 Å². The van der Waals surface area contributed by atoms with Gasteiger partial charge in [0, 0.05) is 17.8 Å². The number of carbonyl (C=O) groups excluding carboxylic acids is 1. The van der Waals surface area contributed by atoms with Crippen LogP contribution in [0, 0.1) is 0 Å². The van der Waals surface area contributed by atoms with Crippen LogP contribution in [0.2, 0.25) is 5.02 Å². The molecule has 3 rings (SSSR count). The van der Waals surface area contributed by atoms with Gasteiger partial charge in [0.05, 0.1) is 18.9 Å². The molecular weight excluding hydrogens is 322 g/mol. The smallest absolute Gasteiger partial charge is 0.328 e. The first-order valence-corrected chi connectivity index (χ1v) is 7.37. The van der Waals surface area contributed by atoms with E-state index in [4.69, 9.17) is 16.3 Å². The second kappa shape index (κ2) is 6.39. The van der Waals surface area contributed by atoms with Gasteiger partial charge in [-0.3, -0.25) is 4.79 Å². The van der Waals surface area contributed by atoms with E-state index in [9.17, 15) is 14.7 Å². The Kier molecular flexibility index (Phi) is 4.31. The van der Waals surface area contributed by atoms with Gasteiger partial charge in [-0.2, -0.15) is 5.10 Å². The van der Waals surface area contributed by atoms with E-state index in [1.165, 1.54) is 9.58 Å². The minimum Gasteiger partial charge on any atom is -0.480 e. The highest BCUT2D eigenvalue weighted by atomic mass is 35.5. The lowest BCUT2D eigenvalue weighted by Crippen LogP contribution is -2.52. The summed E-state index contributed by atoms with van der Waals surface area (Å²) in [5.74, 6) is -1.52. The Hall–Kier alpha value is -2.38. The molecule has 1 aliphatic rings. The molecule has 120 valence electrons. The first kappa shape index (κ1) is 15.5. The highest BCUT2D eigenvalue weighted by molar-refractivity contribution is 6.30. The number of carboxylic acid groups (broad SMARTS) is 1. The fourth-order valence-corrected chi connectivity index (χ4v) is 2.58. The van der Waals surface area contributed by atoms with E-state index in [2.05, 4.69) is 5.10 Å². The van der Waals surface area contributed by atoms with Crippen molar-refractivity contribution in [3.63, 3.8) is 0 Å². The molecule has 2 heterocycles. The van der Waals surface area contributed by atoms with E-state index in [0.717, 1.165) is 0 Å². The summed E-state index contributed by atoms with van der Waals surface area (Å²) in [6, 6.07) is 7.61. The molecule has 1 amide bonds. The molecule has 7 nitrogen and oxygen atoms in total. The Morgan fingerprint density at radius 2 is 2.17 bits per heavy atom. The number of carbonyl (C=O) groups is 2. The van der Waals surface area contributed by atoms with Crippen LogP contribution in [0.15, 0.2) is 36.5 Å². The van der Waals surface area contributed by atoms with Crippen LogP contribution in [0.5, 0.6) is 0 Å². The molecule has 2 aromatic rings. The largest absolute Gasteiger partial charge is 0.480 e. The number of aliphatic carboxylic acids is 1. The molecule has 1 saturated heterocycles. The summed E-state index contributed by atoms with van der Waals surface area (Å²) < 4.78 is 6.66. The van der Waals surface area contributed by atoms with Crippen molar-refractivity contribution >= 4 is 23.5 Å². The lowest BCUT2D eigenvalue weighted by atomic mass is 10.2. The summed E-state index contributed by atoms with van der Waals surface area (Å²) in [7, 11) is 0. The van der Waals surface area contributed by atoms with E-state index in [0.29, 0.717) is 17.3 Å². The van der Waals surface area contributed by atoms with Gasteiger partial charge in [-0.05, 0) is 24.3 Å². The van der Waals surface area contributed by atoms with Crippen LogP contribution in [-0.2, 0) is 9.53 Å². The minimum absolute atomic E-state index is 0.0178. The van der Waals surface area contributed by atoms with Crippen molar-refractivity contribution in [2.45, 2.75) is 6.04 Å². The zero-order valence-electron chi connectivity index (χ0n) is 12.1. The van der Waals surface area contributed by atoms with Crippen molar-refractivity contribution in [1.82, 2.24) is 14.7 Å². The Morgan fingerprint density at radius 1 is 1.35 bits per heavy atom. The first-order chi connectivity index (χ1) is 11.1. The summed E-state index contributed by atoms with van der Waals surface area (Å²) in [6.07, 6.45) is 1.63. The van der Waals surface area contributed by atoms with Crippen LogP contribution in [0.1, 0.15) is 10.5 Å². The molecule has 0 spiro atoms. The number of benzene rings is 1. The average molecular weight is 336 g/mol. The lowest BCUT2D eigenvalue weighted by molar-refractivity contribution is -0.147. The first-order valence-electron chi connectivity index (χ1n) is 6.99. The fraction of sp³-hybridized carbons (Fsp3) is 0.267. The summed E-state index contributed by atoms with van der Waals surface area (Å²) in [5, 5.41) is 14.0. The lowest BCUT2D eigenvalue weighted by Gasteiger charge is -2.32. The number of rotatable bonds is 3. The Labute approximate surface area is 137 Å².